The number of carbonyl (C=O) groups excluding carboxylic acids is 1. The van der Waals surface area contributed by atoms with Crippen LogP contribution in [0.2, 0.25) is 5.02 Å². The normalized spacial score (nSPS) is 14.7. The summed E-state index contributed by atoms with van der Waals surface area (Å²) >= 11 is 5.91. The average Bonchev–Trinajstić information content (AvgIpc) is 2.78. The lowest BCUT2D eigenvalue weighted by Crippen LogP contribution is -2.42. The van der Waals surface area contributed by atoms with Crippen molar-refractivity contribution in [2.24, 2.45) is 0 Å². The van der Waals surface area contributed by atoms with Gasteiger partial charge in [-0.1, -0.05) is 23.7 Å². The summed E-state index contributed by atoms with van der Waals surface area (Å²) in [6.45, 7) is 4.61. The van der Waals surface area contributed by atoms with Crippen LogP contribution in [0.1, 0.15) is 5.56 Å². The van der Waals surface area contributed by atoms with E-state index in [4.69, 9.17) is 21.1 Å². The van der Waals surface area contributed by atoms with Crippen LogP contribution in [0.15, 0.2) is 48.5 Å². The van der Waals surface area contributed by atoms with Crippen LogP contribution < -0.4 is 14.4 Å². The molecule has 174 valence electrons. The highest BCUT2D eigenvalue weighted by molar-refractivity contribution is 7.92. The first kappa shape index (κ1) is 24.3. The molecule has 3 rings (SSSR count). The molecule has 1 heterocycles. The van der Waals surface area contributed by atoms with Crippen LogP contribution >= 0.6 is 11.6 Å². The summed E-state index contributed by atoms with van der Waals surface area (Å²) < 4.78 is 36.8. The van der Waals surface area contributed by atoms with E-state index in [2.05, 4.69) is 10.2 Å². The Hall–Kier alpha value is -2.33. The van der Waals surface area contributed by atoms with E-state index in [1.54, 1.807) is 48.5 Å². The quantitative estimate of drug-likeness (QED) is 0.559. The van der Waals surface area contributed by atoms with Crippen molar-refractivity contribution in [1.29, 1.82) is 0 Å². The van der Waals surface area contributed by atoms with Gasteiger partial charge in [-0.2, -0.15) is 0 Å². The summed E-state index contributed by atoms with van der Waals surface area (Å²) in [5.74, 6) is 0.278. The molecule has 0 aromatic heterocycles. The van der Waals surface area contributed by atoms with Crippen molar-refractivity contribution in [3.05, 3.63) is 59.1 Å². The molecule has 0 spiro atoms. The maximum Gasteiger partial charge on any atom is 0.257 e. The Morgan fingerprint density at radius 1 is 1.12 bits per heavy atom. The van der Waals surface area contributed by atoms with Crippen LogP contribution in [0.5, 0.6) is 5.75 Å². The molecule has 10 heteroatoms. The molecule has 1 aliphatic heterocycles. The van der Waals surface area contributed by atoms with Gasteiger partial charge in [0.15, 0.2) is 6.61 Å². The second kappa shape index (κ2) is 11.5. The topological polar surface area (TPSA) is 88.2 Å². The predicted octanol–water partition coefficient (Wildman–Crippen LogP) is 2.13. The Labute approximate surface area is 194 Å². The lowest BCUT2D eigenvalue weighted by molar-refractivity contribution is -0.123. The van der Waals surface area contributed by atoms with Gasteiger partial charge in [-0.25, -0.2) is 8.42 Å². The number of anilines is 1. The number of nitrogens with zero attached hydrogens (tertiary/aromatic N) is 2. The molecule has 32 heavy (non-hydrogen) atoms. The molecule has 1 aliphatic rings. The molecule has 2 aromatic rings. The van der Waals surface area contributed by atoms with Gasteiger partial charge in [0.2, 0.25) is 10.0 Å². The molecule has 0 bridgehead atoms. The smallest absolute Gasteiger partial charge is 0.257 e. The zero-order chi connectivity index (χ0) is 23.0. The number of rotatable bonds is 10. The monoisotopic (exact) mass is 481 g/mol. The molecule has 2 aromatic carbocycles. The highest BCUT2D eigenvalue weighted by atomic mass is 35.5. The number of halogens is 1. The third-order valence-corrected chi connectivity index (χ3v) is 6.38. The molecule has 0 saturated carbocycles. The summed E-state index contributed by atoms with van der Waals surface area (Å²) in [5.41, 5.74) is 1.32. The Bertz CT molecular complexity index is 978. The number of hydrogen-bond donors (Lipinski definition) is 1. The van der Waals surface area contributed by atoms with Crippen molar-refractivity contribution in [3.63, 3.8) is 0 Å². The van der Waals surface area contributed by atoms with E-state index < -0.39 is 10.0 Å². The number of carbonyl (C=O) groups is 1. The van der Waals surface area contributed by atoms with Gasteiger partial charge >= 0.3 is 0 Å². The number of benzene rings is 2. The Kier molecular flexibility index (Phi) is 8.75. The second-order valence-corrected chi connectivity index (χ2v) is 9.83. The first-order valence-electron chi connectivity index (χ1n) is 10.3. The van der Waals surface area contributed by atoms with Crippen molar-refractivity contribution in [2.45, 2.75) is 6.54 Å². The van der Waals surface area contributed by atoms with E-state index in [0.717, 1.165) is 44.7 Å². The Morgan fingerprint density at radius 2 is 1.78 bits per heavy atom. The fourth-order valence-corrected chi connectivity index (χ4v) is 4.26. The summed E-state index contributed by atoms with van der Waals surface area (Å²) in [5, 5.41) is 3.43. The molecule has 1 fully saturated rings. The average molecular weight is 482 g/mol. The zero-order valence-electron chi connectivity index (χ0n) is 18.0. The van der Waals surface area contributed by atoms with Crippen molar-refractivity contribution in [2.75, 3.05) is 56.6 Å². The SMILES string of the molecule is CS(=O)(=O)N(Cc1ccc(Cl)cc1)c1ccc(OCC(=O)NCCN2CCOCC2)cc1. The lowest BCUT2D eigenvalue weighted by atomic mass is 10.2. The van der Waals surface area contributed by atoms with Gasteiger partial charge in [0, 0.05) is 31.2 Å². The van der Waals surface area contributed by atoms with Gasteiger partial charge in [-0.3, -0.25) is 14.0 Å². The highest BCUT2D eigenvalue weighted by Gasteiger charge is 2.18. The van der Waals surface area contributed by atoms with Crippen molar-refractivity contribution in [1.82, 2.24) is 10.2 Å². The van der Waals surface area contributed by atoms with Gasteiger partial charge in [0.25, 0.3) is 5.91 Å². The molecule has 1 saturated heterocycles. The number of sulfonamides is 1. The second-order valence-electron chi connectivity index (χ2n) is 7.48. The zero-order valence-corrected chi connectivity index (χ0v) is 19.6. The molecule has 0 atom stereocenters. The van der Waals surface area contributed by atoms with Gasteiger partial charge in [-0.15, -0.1) is 0 Å². The Balaban J connectivity index is 1.50. The van der Waals surface area contributed by atoms with Crippen LogP contribution in [-0.2, 0) is 26.1 Å². The standard InChI is InChI=1S/C22H28ClN3O5S/c1-32(28,29)26(16-18-2-4-19(23)5-3-18)20-6-8-21(9-7-20)31-17-22(27)24-10-11-25-12-14-30-15-13-25/h2-9H,10-17H2,1H3,(H,24,27). The third kappa shape index (κ3) is 7.67. The fraction of sp³-hybridized carbons (Fsp3) is 0.409. The number of ether oxygens (including phenoxy) is 2. The van der Waals surface area contributed by atoms with Gasteiger partial charge in [-0.05, 0) is 42.0 Å². The summed E-state index contributed by atoms with van der Waals surface area (Å²) in [6.07, 6.45) is 1.16. The fourth-order valence-electron chi connectivity index (χ4n) is 3.24. The maximum atomic E-state index is 12.3. The summed E-state index contributed by atoms with van der Waals surface area (Å²) in [7, 11) is -3.50. The van der Waals surface area contributed by atoms with E-state index in [1.807, 2.05) is 0 Å². The van der Waals surface area contributed by atoms with E-state index in [9.17, 15) is 13.2 Å². The molecular formula is C22H28ClN3O5S. The van der Waals surface area contributed by atoms with Crippen molar-refractivity contribution >= 4 is 33.2 Å². The molecule has 0 aliphatic carbocycles. The van der Waals surface area contributed by atoms with Gasteiger partial charge in [0.1, 0.15) is 5.75 Å². The first-order chi connectivity index (χ1) is 15.3. The summed E-state index contributed by atoms with van der Waals surface area (Å²) in [6, 6.07) is 13.6. The van der Waals surface area contributed by atoms with Crippen LogP contribution in [0, 0.1) is 0 Å². The number of nitrogens with one attached hydrogen (secondary N) is 1. The van der Waals surface area contributed by atoms with Gasteiger partial charge < -0.3 is 14.8 Å². The molecule has 1 N–H and O–H groups in total. The van der Waals surface area contributed by atoms with E-state index >= 15 is 0 Å². The van der Waals surface area contributed by atoms with Gasteiger partial charge in [0.05, 0.1) is 31.7 Å². The van der Waals surface area contributed by atoms with E-state index in [1.165, 1.54) is 4.31 Å². The van der Waals surface area contributed by atoms with E-state index in [-0.39, 0.29) is 19.1 Å². The number of amides is 1. The largest absolute Gasteiger partial charge is 0.484 e. The predicted molar refractivity (Wildman–Crippen MR) is 125 cm³/mol. The minimum Gasteiger partial charge on any atom is -0.484 e. The van der Waals surface area contributed by atoms with Crippen LogP contribution in [0.25, 0.3) is 0 Å². The maximum absolute atomic E-state index is 12.3. The van der Waals surface area contributed by atoms with Crippen LogP contribution in [-0.4, -0.2) is 71.5 Å². The number of morpholine rings is 1. The van der Waals surface area contributed by atoms with E-state index in [0.29, 0.717) is 23.0 Å². The molecular weight excluding hydrogens is 454 g/mol. The minimum atomic E-state index is -3.50. The minimum absolute atomic E-state index is 0.108. The Morgan fingerprint density at radius 3 is 2.41 bits per heavy atom. The molecule has 1 amide bonds. The van der Waals surface area contributed by atoms with Crippen molar-refractivity contribution in [3.8, 4) is 5.75 Å². The van der Waals surface area contributed by atoms with Crippen LogP contribution in [0.3, 0.4) is 0 Å². The molecule has 0 radical (unpaired) electrons. The summed E-state index contributed by atoms with van der Waals surface area (Å²) in [4.78, 5) is 14.3. The first-order valence-corrected chi connectivity index (χ1v) is 12.6. The molecule has 0 unspecified atom stereocenters. The highest BCUT2D eigenvalue weighted by Crippen LogP contribution is 2.24. The number of hydrogen-bond acceptors (Lipinski definition) is 6. The third-order valence-electron chi connectivity index (χ3n) is 4.99. The van der Waals surface area contributed by atoms with Crippen molar-refractivity contribution < 1.29 is 22.7 Å². The lowest BCUT2D eigenvalue weighted by Gasteiger charge is -2.26. The van der Waals surface area contributed by atoms with Crippen LogP contribution in [0.4, 0.5) is 5.69 Å². The molecule has 8 nitrogen and oxygen atoms in total.